The summed E-state index contributed by atoms with van der Waals surface area (Å²) in [7, 11) is -2.54. The molecule has 1 aromatic carbocycles. The normalized spacial score (nSPS) is 19.1. The van der Waals surface area contributed by atoms with E-state index in [0.29, 0.717) is 11.3 Å². The number of anilines is 1. The molecule has 9 nitrogen and oxygen atoms in total. The molecule has 2 atom stereocenters. The van der Waals surface area contributed by atoms with E-state index < -0.39 is 27.6 Å². The molecule has 0 aliphatic carbocycles. The van der Waals surface area contributed by atoms with E-state index in [-0.39, 0.29) is 29.4 Å². The maximum Gasteiger partial charge on any atom is 0.276 e. The highest BCUT2D eigenvalue weighted by atomic mass is 32.2. The lowest BCUT2D eigenvalue weighted by Crippen LogP contribution is -2.52. The van der Waals surface area contributed by atoms with E-state index in [0.717, 1.165) is 5.56 Å². The molecule has 2 heterocycles. The highest BCUT2D eigenvalue weighted by Crippen LogP contribution is 2.34. The molecule has 1 aromatic heterocycles. The van der Waals surface area contributed by atoms with Gasteiger partial charge < -0.3 is 19.7 Å². The number of nitrogens with zero attached hydrogens (tertiary/aromatic N) is 2. The number of sulfonamides is 1. The molecule has 1 aliphatic rings. The van der Waals surface area contributed by atoms with Gasteiger partial charge in [-0.1, -0.05) is 12.1 Å². The maximum atomic E-state index is 13.0. The van der Waals surface area contributed by atoms with Crippen LogP contribution in [0.25, 0.3) is 0 Å². The standard InChI is InChI=1S/C21H24N4O5S/c1-5-8-21(3,27)17-12-30-19-16(31(28,29)24-17)11-25(4)18(19)20(26)23-15-7-6-13(2)14(9-15)10-22/h5-7,9,11,17,24,27H,1,8,12H2,2-4H3,(H,23,26). The van der Waals surface area contributed by atoms with Crippen LogP contribution in [0.2, 0.25) is 0 Å². The van der Waals surface area contributed by atoms with Crippen molar-refractivity contribution in [3.05, 3.63) is 53.9 Å². The second kappa shape index (κ2) is 8.19. The third-order valence-electron chi connectivity index (χ3n) is 5.22. The average molecular weight is 445 g/mol. The molecular formula is C21H24N4O5S. The number of benzene rings is 1. The molecular weight excluding hydrogens is 420 g/mol. The summed E-state index contributed by atoms with van der Waals surface area (Å²) < 4.78 is 35.4. The number of fused-ring (bicyclic) bond motifs is 1. The van der Waals surface area contributed by atoms with E-state index in [4.69, 9.17) is 4.74 Å². The highest BCUT2D eigenvalue weighted by molar-refractivity contribution is 7.89. The van der Waals surface area contributed by atoms with Gasteiger partial charge in [0.1, 0.15) is 11.5 Å². The van der Waals surface area contributed by atoms with Crippen LogP contribution in [0.3, 0.4) is 0 Å². The topological polar surface area (TPSA) is 133 Å². The van der Waals surface area contributed by atoms with Gasteiger partial charge in [-0.05, 0) is 38.0 Å². The summed E-state index contributed by atoms with van der Waals surface area (Å²) in [4.78, 5) is 12.8. The minimum absolute atomic E-state index is 0.00321. The third kappa shape index (κ3) is 4.34. The van der Waals surface area contributed by atoms with Crippen molar-refractivity contribution in [2.75, 3.05) is 11.9 Å². The fourth-order valence-electron chi connectivity index (χ4n) is 3.37. The molecule has 1 aliphatic heterocycles. The van der Waals surface area contributed by atoms with Gasteiger partial charge in [-0.15, -0.1) is 6.58 Å². The number of aryl methyl sites for hydroxylation is 2. The van der Waals surface area contributed by atoms with E-state index >= 15 is 0 Å². The van der Waals surface area contributed by atoms with Crippen molar-refractivity contribution in [2.24, 2.45) is 7.05 Å². The minimum Gasteiger partial charge on any atom is -0.488 e. The number of rotatable bonds is 5. The summed E-state index contributed by atoms with van der Waals surface area (Å²) in [5.74, 6) is -0.694. The molecule has 0 fully saturated rings. The molecule has 0 radical (unpaired) electrons. The highest BCUT2D eigenvalue weighted by Gasteiger charge is 2.41. The molecule has 0 saturated heterocycles. The fourth-order valence-corrected chi connectivity index (χ4v) is 4.89. The Kier molecular flexibility index (Phi) is 5.96. The maximum absolute atomic E-state index is 13.0. The zero-order valence-electron chi connectivity index (χ0n) is 17.5. The van der Waals surface area contributed by atoms with Crippen molar-refractivity contribution in [3.8, 4) is 11.8 Å². The molecule has 0 spiro atoms. The number of aliphatic hydroxyl groups is 1. The quantitative estimate of drug-likeness (QED) is 0.603. The van der Waals surface area contributed by atoms with Gasteiger partial charge in [0.15, 0.2) is 11.4 Å². The zero-order valence-corrected chi connectivity index (χ0v) is 18.3. The summed E-state index contributed by atoms with van der Waals surface area (Å²) in [5, 5.41) is 22.5. The number of aromatic nitrogens is 1. The predicted molar refractivity (Wildman–Crippen MR) is 114 cm³/mol. The molecule has 0 saturated carbocycles. The number of amides is 1. The van der Waals surface area contributed by atoms with E-state index in [2.05, 4.69) is 22.7 Å². The lowest BCUT2D eigenvalue weighted by molar-refractivity contribution is 0.0143. The second-order valence-corrected chi connectivity index (χ2v) is 9.39. The van der Waals surface area contributed by atoms with Crippen molar-refractivity contribution in [3.63, 3.8) is 0 Å². The summed E-state index contributed by atoms with van der Waals surface area (Å²) in [5.41, 5.74) is 0.149. The fraction of sp³-hybridized carbons (Fsp3) is 0.333. The second-order valence-electron chi connectivity index (χ2n) is 7.71. The Morgan fingerprint density at radius 3 is 2.90 bits per heavy atom. The lowest BCUT2D eigenvalue weighted by Gasteiger charge is -2.30. The zero-order chi connectivity index (χ0) is 23.0. The Bertz CT molecular complexity index is 1190. The van der Waals surface area contributed by atoms with Gasteiger partial charge in [-0.3, -0.25) is 4.79 Å². The first kappa shape index (κ1) is 22.6. The van der Waals surface area contributed by atoms with Gasteiger partial charge in [0.25, 0.3) is 5.91 Å². The number of carbonyl (C=O) groups is 1. The third-order valence-corrected chi connectivity index (χ3v) is 6.69. The Morgan fingerprint density at radius 1 is 1.55 bits per heavy atom. The van der Waals surface area contributed by atoms with Crippen LogP contribution in [0.4, 0.5) is 5.69 Å². The molecule has 3 N–H and O–H groups in total. The smallest absolute Gasteiger partial charge is 0.276 e. The Labute approximate surface area is 181 Å². The molecule has 3 rings (SSSR count). The van der Waals surface area contributed by atoms with Gasteiger partial charge in [0.05, 0.1) is 23.3 Å². The van der Waals surface area contributed by atoms with Crippen molar-refractivity contribution in [1.29, 1.82) is 5.26 Å². The predicted octanol–water partition coefficient (Wildman–Crippen LogP) is 1.82. The van der Waals surface area contributed by atoms with Gasteiger partial charge in [-0.2, -0.15) is 5.26 Å². The van der Waals surface area contributed by atoms with Gasteiger partial charge in [-0.25, -0.2) is 13.1 Å². The Balaban J connectivity index is 1.97. The molecule has 2 aromatic rings. The number of hydrogen-bond donors (Lipinski definition) is 3. The van der Waals surface area contributed by atoms with Crippen LogP contribution in [0.1, 0.15) is 35.0 Å². The molecule has 31 heavy (non-hydrogen) atoms. The van der Waals surface area contributed by atoms with E-state index in [9.17, 15) is 23.6 Å². The van der Waals surface area contributed by atoms with E-state index in [1.807, 2.05) is 0 Å². The number of ether oxygens (including phenoxy) is 1. The van der Waals surface area contributed by atoms with Crippen LogP contribution in [-0.2, 0) is 17.1 Å². The first-order valence-electron chi connectivity index (χ1n) is 9.50. The molecule has 1 amide bonds. The molecule has 10 heteroatoms. The van der Waals surface area contributed by atoms with Gasteiger partial charge in [0, 0.05) is 18.9 Å². The van der Waals surface area contributed by atoms with Crippen LogP contribution in [-0.4, -0.2) is 42.2 Å². The summed E-state index contributed by atoms with van der Waals surface area (Å²) >= 11 is 0. The largest absolute Gasteiger partial charge is 0.488 e. The first-order valence-corrected chi connectivity index (χ1v) is 11.0. The molecule has 0 bridgehead atoms. The van der Waals surface area contributed by atoms with Crippen molar-refractivity contribution < 1.29 is 23.1 Å². The first-order chi connectivity index (χ1) is 14.5. The Morgan fingerprint density at radius 2 is 2.26 bits per heavy atom. The van der Waals surface area contributed by atoms with Crippen LogP contribution < -0.4 is 14.8 Å². The van der Waals surface area contributed by atoms with Crippen LogP contribution in [0.15, 0.2) is 41.9 Å². The van der Waals surface area contributed by atoms with E-state index in [1.165, 1.54) is 36.9 Å². The van der Waals surface area contributed by atoms with Gasteiger partial charge in [0.2, 0.25) is 10.0 Å². The van der Waals surface area contributed by atoms with Crippen LogP contribution in [0.5, 0.6) is 5.75 Å². The van der Waals surface area contributed by atoms with Gasteiger partial charge >= 0.3 is 0 Å². The molecule has 164 valence electrons. The van der Waals surface area contributed by atoms with Crippen LogP contribution in [0, 0.1) is 18.3 Å². The number of carbonyl (C=O) groups excluding carboxylic acids is 1. The van der Waals surface area contributed by atoms with Crippen molar-refractivity contribution >= 4 is 21.6 Å². The monoisotopic (exact) mass is 444 g/mol. The number of nitriles is 1. The average Bonchev–Trinajstić information content (AvgIpc) is 2.97. The minimum atomic E-state index is -4.07. The summed E-state index contributed by atoms with van der Waals surface area (Å²) in [6, 6.07) is 6.00. The van der Waals surface area contributed by atoms with Crippen LogP contribution >= 0.6 is 0 Å². The van der Waals surface area contributed by atoms with Crippen molar-refractivity contribution in [2.45, 2.75) is 36.8 Å². The lowest BCUT2D eigenvalue weighted by atomic mass is 9.94. The molecule has 2 unspecified atom stereocenters. The SMILES string of the molecule is C=CCC(C)(O)C1COc2c(cn(C)c2C(=O)Nc2ccc(C)c(C#N)c2)S(=O)(=O)N1. The summed E-state index contributed by atoms with van der Waals surface area (Å²) in [6.07, 6.45) is 2.92. The van der Waals surface area contributed by atoms with E-state index in [1.54, 1.807) is 19.1 Å². The Hall–Kier alpha value is -3.13. The van der Waals surface area contributed by atoms with Crippen molar-refractivity contribution in [1.82, 2.24) is 9.29 Å². The number of hydrogen-bond acceptors (Lipinski definition) is 6. The number of nitrogens with one attached hydrogen (secondary N) is 2. The summed E-state index contributed by atoms with van der Waals surface area (Å²) in [6.45, 7) is 6.67.